The minimum absolute atomic E-state index is 0.678. The molecular weight excluding hydrogens is 236 g/mol. The van der Waals surface area contributed by atoms with E-state index in [-0.39, 0.29) is 0 Å². The molecule has 90 valence electrons. The summed E-state index contributed by atoms with van der Waals surface area (Å²) in [4.78, 5) is 8.59. The van der Waals surface area contributed by atoms with Crippen LogP contribution in [0, 0.1) is 13.8 Å². The van der Waals surface area contributed by atoms with Gasteiger partial charge in [-0.05, 0) is 32.5 Å². The number of aryl methyl sites for hydroxylation is 1. The summed E-state index contributed by atoms with van der Waals surface area (Å²) >= 11 is 6.08. The van der Waals surface area contributed by atoms with Crippen LogP contribution in [0.4, 0.5) is 0 Å². The van der Waals surface area contributed by atoms with E-state index in [0.29, 0.717) is 5.02 Å². The van der Waals surface area contributed by atoms with E-state index in [4.69, 9.17) is 11.6 Å². The number of imidazole rings is 1. The summed E-state index contributed by atoms with van der Waals surface area (Å²) in [6, 6.07) is 1.98. The number of aromatic nitrogens is 3. The first-order valence-corrected chi connectivity index (χ1v) is 5.81. The second kappa shape index (κ2) is 4.85. The molecule has 0 atom stereocenters. The molecule has 2 aromatic heterocycles. The van der Waals surface area contributed by atoms with Gasteiger partial charge in [0, 0.05) is 18.4 Å². The zero-order chi connectivity index (χ0) is 12.4. The minimum Gasteiger partial charge on any atom is -0.316 e. The van der Waals surface area contributed by atoms with Crippen molar-refractivity contribution in [1.82, 2.24) is 19.9 Å². The topological polar surface area (TPSA) is 42.7 Å². The number of nitrogens with one attached hydrogen (secondary N) is 1. The van der Waals surface area contributed by atoms with E-state index in [1.165, 1.54) is 0 Å². The fourth-order valence-corrected chi connectivity index (χ4v) is 1.83. The lowest BCUT2D eigenvalue weighted by Gasteiger charge is -2.08. The van der Waals surface area contributed by atoms with E-state index in [1.807, 2.05) is 31.5 Å². The van der Waals surface area contributed by atoms with Crippen molar-refractivity contribution in [3.8, 4) is 5.82 Å². The lowest BCUT2D eigenvalue weighted by atomic mass is 10.2. The largest absolute Gasteiger partial charge is 0.316 e. The molecule has 0 aliphatic heterocycles. The van der Waals surface area contributed by atoms with E-state index < -0.39 is 0 Å². The normalized spacial score (nSPS) is 10.8. The quantitative estimate of drug-likeness (QED) is 0.909. The second-order valence-electron chi connectivity index (χ2n) is 3.95. The van der Waals surface area contributed by atoms with Crippen molar-refractivity contribution in [1.29, 1.82) is 0 Å². The van der Waals surface area contributed by atoms with Gasteiger partial charge in [-0.15, -0.1) is 0 Å². The summed E-state index contributed by atoms with van der Waals surface area (Å²) in [5.41, 5.74) is 3.14. The molecule has 0 unspecified atom stereocenters. The van der Waals surface area contributed by atoms with Crippen LogP contribution in [0.5, 0.6) is 0 Å². The summed E-state index contributed by atoms with van der Waals surface area (Å²) in [7, 11) is 1.89. The summed E-state index contributed by atoms with van der Waals surface area (Å²) in [5.74, 6) is 0.845. The van der Waals surface area contributed by atoms with Crippen LogP contribution in [-0.4, -0.2) is 21.6 Å². The van der Waals surface area contributed by atoms with Crippen LogP contribution >= 0.6 is 11.6 Å². The Kier molecular flexibility index (Phi) is 3.45. The average molecular weight is 251 g/mol. The first-order valence-electron chi connectivity index (χ1n) is 5.43. The number of hydrogen-bond donors (Lipinski definition) is 1. The van der Waals surface area contributed by atoms with Gasteiger partial charge in [0.15, 0.2) is 0 Å². The molecule has 2 rings (SSSR count). The summed E-state index contributed by atoms with van der Waals surface area (Å²) < 4.78 is 1.96. The Labute approximate surface area is 106 Å². The van der Waals surface area contributed by atoms with E-state index in [2.05, 4.69) is 15.3 Å². The highest BCUT2D eigenvalue weighted by Gasteiger charge is 2.08. The van der Waals surface area contributed by atoms with E-state index in [9.17, 15) is 0 Å². The Morgan fingerprint density at radius 2 is 2.12 bits per heavy atom. The van der Waals surface area contributed by atoms with Crippen LogP contribution in [0.1, 0.15) is 17.0 Å². The predicted octanol–water partition coefficient (Wildman–Crippen LogP) is 2.26. The first kappa shape index (κ1) is 12.1. The molecule has 0 amide bonds. The Hall–Kier alpha value is -1.39. The van der Waals surface area contributed by atoms with Crippen LogP contribution < -0.4 is 5.32 Å². The van der Waals surface area contributed by atoms with Crippen molar-refractivity contribution in [2.45, 2.75) is 20.4 Å². The van der Waals surface area contributed by atoms with E-state index >= 15 is 0 Å². The third-order valence-corrected chi connectivity index (χ3v) is 3.13. The third kappa shape index (κ3) is 2.33. The molecule has 0 saturated carbocycles. The SMILES string of the molecule is CNCc1cc(-n2cnc(C)c2C)ncc1Cl. The molecule has 0 aliphatic rings. The molecular formula is C12H15ClN4. The summed E-state index contributed by atoms with van der Waals surface area (Å²) in [5, 5.41) is 3.76. The van der Waals surface area contributed by atoms with Crippen molar-refractivity contribution >= 4 is 11.6 Å². The monoisotopic (exact) mass is 250 g/mol. The highest BCUT2D eigenvalue weighted by Crippen LogP contribution is 2.19. The third-order valence-electron chi connectivity index (χ3n) is 2.79. The van der Waals surface area contributed by atoms with Crippen molar-refractivity contribution in [3.63, 3.8) is 0 Å². The fourth-order valence-electron chi connectivity index (χ4n) is 1.66. The van der Waals surface area contributed by atoms with Gasteiger partial charge >= 0.3 is 0 Å². The van der Waals surface area contributed by atoms with Crippen LogP contribution in [0.25, 0.3) is 5.82 Å². The summed E-state index contributed by atoms with van der Waals surface area (Å²) in [6.45, 7) is 4.73. The number of nitrogens with zero attached hydrogens (tertiary/aromatic N) is 3. The van der Waals surface area contributed by atoms with Crippen LogP contribution in [0.15, 0.2) is 18.6 Å². The molecule has 0 bridgehead atoms. The van der Waals surface area contributed by atoms with Gasteiger partial charge < -0.3 is 5.32 Å². The fraction of sp³-hybridized carbons (Fsp3) is 0.333. The maximum Gasteiger partial charge on any atom is 0.138 e. The van der Waals surface area contributed by atoms with Gasteiger partial charge in [-0.3, -0.25) is 4.57 Å². The Bertz CT molecular complexity index is 533. The molecule has 0 radical (unpaired) electrons. The van der Waals surface area contributed by atoms with E-state index in [0.717, 1.165) is 29.3 Å². The predicted molar refractivity (Wildman–Crippen MR) is 68.6 cm³/mol. The maximum atomic E-state index is 6.08. The molecule has 0 fully saturated rings. The highest BCUT2D eigenvalue weighted by molar-refractivity contribution is 6.31. The Morgan fingerprint density at radius 3 is 2.71 bits per heavy atom. The summed E-state index contributed by atoms with van der Waals surface area (Å²) in [6.07, 6.45) is 3.46. The molecule has 2 aromatic rings. The van der Waals surface area contributed by atoms with Gasteiger partial charge in [-0.1, -0.05) is 11.6 Å². The Morgan fingerprint density at radius 1 is 1.35 bits per heavy atom. The number of rotatable bonds is 3. The molecule has 17 heavy (non-hydrogen) atoms. The van der Waals surface area contributed by atoms with Gasteiger partial charge in [-0.25, -0.2) is 9.97 Å². The van der Waals surface area contributed by atoms with Gasteiger partial charge in [0.1, 0.15) is 12.1 Å². The molecule has 5 heteroatoms. The van der Waals surface area contributed by atoms with Crippen LogP contribution in [-0.2, 0) is 6.54 Å². The number of hydrogen-bond acceptors (Lipinski definition) is 3. The van der Waals surface area contributed by atoms with Gasteiger partial charge in [0.25, 0.3) is 0 Å². The smallest absolute Gasteiger partial charge is 0.138 e. The Balaban J connectivity index is 2.46. The zero-order valence-corrected chi connectivity index (χ0v) is 10.9. The van der Waals surface area contributed by atoms with Crippen molar-refractivity contribution < 1.29 is 0 Å². The van der Waals surface area contributed by atoms with Crippen molar-refractivity contribution in [2.24, 2.45) is 0 Å². The van der Waals surface area contributed by atoms with Crippen molar-refractivity contribution in [3.05, 3.63) is 40.6 Å². The molecule has 4 nitrogen and oxygen atoms in total. The molecule has 2 heterocycles. The van der Waals surface area contributed by atoms with Gasteiger partial charge in [0.2, 0.25) is 0 Å². The first-order chi connectivity index (χ1) is 8.13. The second-order valence-corrected chi connectivity index (χ2v) is 4.36. The number of pyridine rings is 1. The van der Waals surface area contributed by atoms with E-state index in [1.54, 1.807) is 12.5 Å². The maximum absolute atomic E-state index is 6.08. The molecule has 0 spiro atoms. The molecule has 0 aromatic carbocycles. The molecule has 0 saturated heterocycles. The lowest BCUT2D eigenvalue weighted by molar-refractivity contribution is 0.811. The lowest BCUT2D eigenvalue weighted by Crippen LogP contribution is -2.07. The average Bonchev–Trinajstić information content (AvgIpc) is 2.64. The highest BCUT2D eigenvalue weighted by atomic mass is 35.5. The van der Waals surface area contributed by atoms with Crippen LogP contribution in [0.2, 0.25) is 5.02 Å². The molecule has 0 aliphatic carbocycles. The zero-order valence-electron chi connectivity index (χ0n) is 10.2. The molecule has 1 N–H and O–H groups in total. The van der Waals surface area contributed by atoms with Gasteiger partial charge in [-0.2, -0.15) is 0 Å². The number of halogens is 1. The van der Waals surface area contributed by atoms with Crippen LogP contribution in [0.3, 0.4) is 0 Å². The van der Waals surface area contributed by atoms with Crippen molar-refractivity contribution in [2.75, 3.05) is 7.05 Å². The standard InChI is InChI=1S/C12H15ClN4/c1-8-9(2)17(7-16-8)12-4-10(5-14-3)11(13)6-15-12/h4,6-7,14H,5H2,1-3H3. The van der Waals surface area contributed by atoms with Gasteiger partial charge in [0.05, 0.1) is 10.7 Å². The minimum atomic E-state index is 0.678.